The van der Waals surface area contributed by atoms with Gasteiger partial charge in [0.2, 0.25) is 0 Å². The summed E-state index contributed by atoms with van der Waals surface area (Å²) in [6.45, 7) is 1.55. The summed E-state index contributed by atoms with van der Waals surface area (Å²) in [6, 6.07) is 4.68. The van der Waals surface area contributed by atoms with Crippen LogP contribution in [0.4, 0.5) is 9.18 Å². The summed E-state index contributed by atoms with van der Waals surface area (Å²) >= 11 is 0. The topological polar surface area (TPSA) is 66.6 Å². The number of rotatable bonds is 4. The van der Waals surface area contributed by atoms with Gasteiger partial charge in [-0.3, -0.25) is 5.21 Å². The molecule has 0 saturated carbocycles. The van der Waals surface area contributed by atoms with E-state index < -0.39 is 12.1 Å². The summed E-state index contributed by atoms with van der Waals surface area (Å²) in [5.41, 5.74) is 5.90. The third-order valence-electron chi connectivity index (χ3n) is 2.58. The fourth-order valence-electron chi connectivity index (χ4n) is 1.43. The van der Waals surface area contributed by atoms with Crippen molar-refractivity contribution in [3.8, 4) is 11.8 Å². The van der Waals surface area contributed by atoms with E-state index >= 15 is 0 Å². The number of amides is 2. The Balaban J connectivity index is 2.40. The van der Waals surface area contributed by atoms with Crippen LogP contribution in [0.2, 0.25) is 0 Å². The summed E-state index contributed by atoms with van der Waals surface area (Å²) < 4.78 is 12.7. The maximum atomic E-state index is 12.7. The molecule has 1 rings (SSSR count). The molecule has 110 valence electrons. The highest BCUT2D eigenvalue weighted by molar-refractivity contribution is 5.71. The third-order valence-corrected chi connectivity index (χ3v) is 2.58. The van der Waals surface area contributed by atoms with Crippen molar-refractivity contribution in [1.29, 1.82) is 0 Å². The van der Waals surface area contributed by atoms with Crippen molar-refractivity contribution in [2.24, 2.45) is 5.73 Å². The zero-order chi connectivity index (χ0) is 15.7. The molecule has 4 nitrogen and oxygen atoms in total. The quantitative estimate of drug-likeness (QED) is 0.387. The van der Waals surface area contributed by atoms with Crippen molar-refractivity contribution < 1.29 is 14.4 Å². The zero-order valence-corrected chi connectivity index (χ0v) is 11.7. The number of benzene rings is 1. The molecule has 0 bridgehead atoms. The molecule has 0 radical (unpaired) electrons. The van der Waals surface area contributed by atoms with Crippen molar-refractivity contribution >= 4 is 6.03 Å². The second-order valence-electron chi connectivity index (χ2n) is 4.27. The van der Waals surface area contributed by atoms with Crippen LogP contribution in [-0.4, -0.2) is 22.3 Å². The van der Waals surface area contributed by atoms with Crippen molar-refractivity contribution in [3.05, 3.63) is 60.0 Å². The molecule has 0 aliphatic carbocycles. The molecule has 0 saturated heterocycles. The number of hydrogen-bond donors (Lipinski definition) is 2. The lowest BCUT2D eigenvalue weighted by Gasteiger charge is -2.14. The Morgan fingerprint density at radius 3 is 2.71 bits per heavy atom. The number of primary amides is 1. The molecule has 0 aliphatic heterocycles. The fourth-order valence-corrected chi connectivity index (χ4v) is 1.43. The number of hydrogen-bond acceptors (Lipinski definition) is 2. The lowest BCUT2D eigenvalue weighted by molar-refractivity contribution is -0.0536. The van der Waals surface area contributed by atoms with Gasteiger partial charge in [0.15, 0.2) is 0 Å². The van der Waals surface area contributed by atoms with Crippen LogP contribution < -0.4 is 5.73 Å². The van der Waals surface area contributed by atoms with E-state index in [1.54, 1.807) is 31.2 Å². The summed E-state index contributed by atoms with van der Waals surface area (Å²) in [4.78, 5) is 10.6. The molecule has 0 aliphatic rings. The molecule has 1 atom stereocenters. The predicted molar refractivity (Wildman–Crippen MR) is 78.8 cm³/mol. The molecule has 2 amide bonds. The largest absolute Gasteiger partial charge is 0.350 e. The third kappa shape index (κ3) is 6.41. The Hall–Kier alpha value is -2.58. The Kier molecular flexibility index (Phi) is 6.72. The highest BCUT2D eigenvalue weighted by Crippen LogP contribution is 2.03. The highest BCUT2D eigenvalue weighted by Gasteiger charge is 2.11. The Bertz CT molecular complexity index is 583. The van der Waals surface area contributed by atoms with Crippen LogP contribution in [0.3, 0.4) is 0 Å². The van der Waals surface area contributed by atoms with Gasteiger partial charge >= 0.3 is 6.03 Å². The van der Waals surface area contributed by atoms with Gasteiger partial charge in [-0.15, -0.1) is 0 Å². The minimum Gasteiger partial charge on any atom is -0.350 e. The van der Waals surface area contributed by atoms with Gasteiger partial charge in [-0.05, 0) is 37.1 Å². The molecule has 0 heterocycles. The first-order valence-corrected chi connectivity index (χ1v) is 6.35. The first kappa shape index (κ1) is 16.5. The number of nitrogens with zero attached hydrogens (tertiary/aromatic N) is 1. The average Bonchev–Trinajstić information content (AvgIpc) is 2.47. The van der Waals surface area contributed by atoms with Crippen molar-refractivity contribution in [2.45, 2.75) is 19.4 Å². The standard InChI is InChI=1S/C16H17FN2O2/c1-13(19(21)16(18)20)7-5-3-2-4-6-8-14-9-11-15(17)12-10-14/h2-4,6,9-13,21H,8H2,1H3,(H2,18,20)/t13-/m0/s1. The Labute approximate surface area is 123 Å². The maximum Gasteiger partial charge on any atom is 0.339 e. The van der Waals surface area contributed by atoms with Gasteiger partial charge in [0.05, 0.1) is 0 Å². The molecule has 1 aromatic carbocycles. The van der Waals surface area contributed by atoms with E-state index in [0.29, 0.717) is 11.5 Å². The molecular weight excluding hydrogens is 271 g/mol. The molecule has 0 unspecified atom stereocenters. The SMILES string of the molecule is C[C@@H](C#CC=CC=CCc1ccc(F)cc1)N(O)C(N)=O. The minimum absolute atomic E-state index is 0.249. The van der Waals surface area contributed by atoms with E-state index in [0.717, 1.165) is 5.56 Å². The van der Waals surface area contributed by atoms with Crippen LogP contribution in [0.5, 0.6) is 0 Å². The predicted octanol–water partition coefficient (Wildman–Crippen LogP) is 2.64. The average molecular weight is 288 g/mol. The molecular formula is C16H17FN2O2. The van der Waals surface area contributed by atoms with Crippen molar-refractivity contribution in [3.63, 3.8) is 0 Å². The van der Waals surface area contributed by atoms with Gasteiger partial charge < -0.3 is 5.73 Å². The van der Waals surface area contributed by atoms with Gasteiger partial charge in [-0.25, -0.2) is 9.18 Å². The van der Waals surface area contributed by atoms with Crippen molar-refractivity contribution in [2.75, 3.05) is 0 Å². The first-order valence-electron chi connectivity index (χ1n) is 6.35. The number of halogens is 1. The van der Waals surface area contributed by atoms with E-state index in [1.807, 2.05) is 12.2 Å². The normalized spacial score (nSPS) is 12.1. The van der Waals surface area contributed by atoms with Crippen molar-refractivity contribution in [1.82, 2.24) is 5.06 Å². The number of carbonyl (C=O) groups is 1. The molecule has 5 heteroatoms. The lowest BCUT2D eigenvalue weighted by Crippen LogP contribution is -2.38. The van der Waals surface area contributed by atoms with E-state index in [-0.39, 0.29) is 5.82 Å². The molecule has 0 fully saturated rings. The Morgan fingerprint density at radius 1 is 1.43 bits per heavy atom. The van der Waals surface area contributed by atoms with Crippen LogP contribution in [-0.2, 0) is 6.42 Å². The number of carbonyl (C=O) groups excluding carboxylic acids is 1. The van der Waals surface area contributed by atoms with Gasteiger partial charge in [-0.2, -0.15) is 5.06 Å². The van der Waals surface area contributed by atoms with Gasteiger partial charge in [-0.1, -0.05) is 42.2 Å². The van der Waals surface area contributed by atoms with E-state index in [1.165, 1.54) is 12.1 Å². The number of allylic oxidation sites excluding steroid dienone is 4. The summed E-state index contributed by atoms with van der Waals surface area (Å²) in [5.74, 6) is 5.08. The fraction of sp³-hybridized carbons (Fsp3) is 0.188. The van der Waals surface area contributed by atoms with E-state index in [9.17, 15) is 14.4 Å². The van der Waals surface area contributed by atoms with Gasteiger partial charge in [0.25, 0.3) is 0 Å². The zero-order valence-electron chi connectivity index (χ0n) is 11.7. The highest BCUT2D eigenvalue weighted by atomic mass is 19.1. The number of hydroxylamine groups is 2. The first-order chi connectivity index (χ1) is 10.0. The smallest absolute Gasteiger partial charge is 0.339 e. The monoisotopic (exact) mass is 288 g/mol. The van der Waals surface area contributed by atoms with Crippen LogP contribution in [0.25, 0.3) is 0 Å². The van der Waals surface area contributed by atoms with Crippen LogP contribution >= 0.6 is 0 Å². The minimum atomic E-state index is -0.944. The van der Waals surface area contributed by atoms with Crippen LogP contribution in [0.15, 0.2) is 48.6 Å². The summed E-state index contributed by atoms with van der Waals surface area (Å²) in [7, 11) is 0. The van der Waals surface area contributed by atoms with Crippen LogP contribution in [0, 0.1) is 17.7 Å². The molecule has 0 aromatic heterocycles. The molecule has 1 aromatic rings. The summed E-state index contributed by atoms with van der Waals surface area (Å²) in [6.07, 6.45) is 7.74. The molecule has 0 spiro atoms. The number of urea groups is 1. The van der Waals surface area contributed by atoms with Gasteiger partial charge in [0, 0.05) is 0 Å². The Morgan fingerprint density at radius 2 is 2.10 bits per heavy atom. The van der Waals surface area contributed by atoms with Crippen LogP contribution in [0.1, 0.15) is 12.5 Å². The number of nitrogens with two attached hydrogens (primary N) is 1. The molecule has 3 N–H and O–H groups in total. The van der Waals surface area contributed by atoms with E-state index in [2.05, 4.69) is 11.8 Å². The lowest BCUT2D eigenvalue weighted by atomic mass is 10.1. The summed E-state index contributed by atoms with van der Waals surface area (Å²) in [5, 5.41) is 9.54. The van der Waals surface area contributed by atoms with Gasteiger partial charge in [0.1, 0.15) is 11.9 Å². The second-order valence-corrected chi connectivity index (χ2v) is 4.27. The molecule has 21 heavy (non-hydrogen) atoms. The maximum absolute atomic E-state index is 12.7. The second kappa shape index (κ2) is 8.56. The van der Waals surface area contributed by atoms with E-state index in [4.69, 9.17) is 5.73 Å².